The van der Waals surface area contributed by atoms with E-state index in [1.165, 1.54) is 5.69 Å². The van der Waals surface area contributed by atoms with Crippen LogP contribution in [0, 0.1) is 0 Å². The highest BCUT2D eigenvalue weighted by molar-refractivity contribution is 5.32. The van der Waals surface area contributed by atoms with E-state index in [0.29, 0.717) is 0 Å². The Morgan fingerprint density at radius 2 is 2.20 bits per heavy atom. The van der Waals surface area contributed by atoms with Crippen LogP contribution in [0.5, 0.6) is 0 Å². The Morgan fingerprint density at radius 3 is 2.73 bits per heavy atom. The van der Waals surface area contributed by atoms with Gasteiger partial charge in [0, 0.05) is 32.9 Å². The lowest BCUT2D eigenvalue weighted by Crippen LogP contribution is -2.29. The summed E-state index contributed by atoms with van der Waals surface area (Å²) in [4.78, 5) is 6.81. The summed E-state index contributed by atoms with van der Waals surface area (Å²) in [6.45, 7) is 7.23. The molecule has 0 fully saturated rings. The quantitative estimate of drug-likeness (QED) is 0.764. The number of imidazole rings is 1. The zero-order valence-electron chi connectivity index (χ0n) is 10.2. The van der Waals surface area contributed by atoms with Crippen LogP contribution in [0.3, 0.4) is 0 Å². The number of likely N-dealkylation sites (N-methyl/N-ethyl adjacent to an activating group) is 2. The van der Waals surface area contributed by atoms with Crippen LogP contribution in [0.25, 0.3) is 0 Å². The van der Waals surface area contributed by atoms with Gasteiger partial charge >= 0.3 is 0 Å². The van der Waals surface area contributed by atoms with Gasteiger partial charge in [0.2, 0.25) is 5.95 Å². The number of anilines is 1. The Hall–Kier alpha value is -1.03. The van der Waals surface area contributed by atoms with Gasteiger partial charge in [-0.05, 0) is 20.4 Å². The average Bonchev–Trinajstić information content (AvgIpc) is 2.69. The highest BCUT2D eigenvalue weighted by Gasteiger charge is 2.09. The molecule has 0 radical (unpaired) electrons. The first-order chi connectivity index (χ1) is 7.22. The fourth-order valence-corrected chi connectivity index (χ4v) is 1.55. The predicted molar refractivity (Wildman–Crippen MR) is 64.5 cm³/mol. The Bertz CT molecular complexity index is 293. The Labute approximate surface area is 92.3 Å². The fraction of sp³-hybridized carbons (Fsp3) is 0.727. The van der Waals surface area contributed by atoms with Gasteiger partial charge in [-0.25, -0.2) is 4.98 Å². The highest BCUT2D eigenvalue weighted by atomic mass is 15.3. The average molecular weight is 210 g/mol. The highest BCUT2D eigenvalue weighted by Crippen LogP contribution is 2.13. The van der Waals surface area contributed by atoms with E-state index in [9.17, 15) is 0 Å². The van der Waals surface area contributed by atoms with E-state index in [-0.39, 0.29) is 0 Å². The van der Waals surface area contributed by atoms with Crippen molar-refractivity contribution in [1.82, 2.24) is 14.9 Å². The van der Waals surface area contributed by atoms with E-state index in [1.807, 2.05) is 7.05 Å². The van der Waals surface area contributed by atoms with Crippen LogP contribution in [0.15, 0.2) is 6.20 Å². The normalized spacial score (nSPS) is 10.7. The molecule has 0 amide bonds. The molecular formula is C11H22N4. The van der Waals surface area contributed by atoms with Gasteiger partial charge in [0.25, 0.3) is 0 Å². The summed E-state index contributed by atoms with van der Waals surface area (Å²) in [5.41, 5.74) is 1.17. The van der Waals surface area contributed by atoms with Gasteiger partial charge in [-0.2, -0.15) is 0 Å². The minimum Gasteiger partial charge on any atom is -0.344 e. The molecule has 0 saturated carbocycles. The Kier molecular flexibility index (Phi) is 4.62. The number of hydrogen-bond acceptors (Lipinski definition) is 3. The van der Waals surface area contributed by atoms with Gasteiger partial charge in [-0.15, -0.1) is 0 Å². The minimum absolute atomic E-state index is 0.978. The first kappa shape index (κ1) is 12.0. The minimum atomic E-state index is 0.978. The number of nitrogens with one attached hydrogen (secondary N) is 1. The van der Waals surface area contributed by atoms with Crippen LogP contribution in [0.1, 0.15) is 19.5 Å². The lowest BCUT2D eigenvalue weighted by atomic mass is 10.4. The van der Waals surface area contributed by atoms with E-state index in [4.69, 9.17) is 0 Å². The first-order valence-corrected chi connectivity index (χ1v) is 5.64. The third kappa shape index (κ3) is 2.96. The molecule has 4 heteroatoms. The summed E-state index contributed by atoms with van der Waals surface area (Å²) in [7, 11) is 4.06. The Morgan fingerprint density at radius 1 is 1.47 bits per heavy atom. The van der Waals surface area contributed by atoms with Crippen LogP contribution in [0.2, 0.25) is 0 Å². The molecule has 1 heterocycles. The molecule has 0 spiro atoms. The van der Waals surface area contributed by atoms with E-state index in [2.05, 4.69) is 46.9 Å². The van der Waals surface area contributed by atoms with Crippen molar-refractivity contribution in [2.75, 3.05) is 32.1 Å². The van der Waals surface area contributed by atoms with Crippen molar-refractivity contribution in [2.45, 2.75) is 26.8 Å². The molecule has 0 aliphatic carbocycles. The van der Waals surface area contributed by atoms with E-state index >= 15 is 0 Å². The molecule has 0 aromatic carbocycles. The number of aromatic nitrogens is 2. The van der Waals surface area contributed by atoms with Crippen molar-refractivity contribution in [1.29, 1.82) is 0 Å². The molecule has 0 atom stereocenters. The van der Waals surface area contributed by atoms with Crippen molar-refractivity contribution in [3.8, 4) is 0 Å². The van der Waals surface area contributed by atoms with Crippen LogP contribution in [-0.4, -0.2) is 36.7 Å². The maximum absolute atomic E-state index is 4.61. The van der Waals surface area contributed by atoms with Crippen molar-refractivity contribution < 1.29 is 0 Å². The van der Waals surface area contributed by atoms with Crippen molar-refractivity contribution in [2.24, 2.45) is 0 Å². The van der Waals surface area contributed by atoms with E-state index in [1.54, 1.807) is 0 Å². The molecule has 86 valence electrons. The fourth-order valence-electron chi connectivity index (χ4n) is 1.55. The van der Waals surface area contributed by atoms with Gasteiger partial charge in [0.1, 0.15) is 0 Å². The molecule has 0 bridgehead atoms. The van der Waals surface area contributed by atoms with Crippen molar-refractivity contribution in [3.05, 3.63) is 11.9 Å². The maximum atomic E-state index is 4.61. The molecule has 1 rings (SSSR count). The summed E-state index contributed by atoms with van der Waals surface area (Å²) in [6.07, 6.45) is 3.14. The summed E-state index contributed by atoms with van der Waals surface area (Å²) in [5, 5.41) is 3.15. The second-order valence-electron chi connectivity index (χ2n) is 3.70. The number of hydrogen-bond donors (Lipinski definition) is 1. The summed E-state index contributed by atoms with van der Waals surface area (Å²) < 4.78 is 2.20. The van der Waals surface area contributed by atoms with Gasteiger partial charge < -0.3 is 14.8 Å². The number of aryl methyl sites for hydroxylation is 2. The van der Waals surface area contributed by atoms with Crippen LogP contribution < -0.4 is 10.2 Å². The van der Waals surface area contributed by atoms with Crippen LogP contribution in [-0.2, 0) is 13.0 Å². The van der Waals surface area contributed by atoms with Gasteiger partial charge in [0.05, 0.1) is 5.69 Å². The zero-order chi connectivity index (χ0) is 11.3. The lowest BCUT2D eigenvalue weighted by molar-refractivity contribution is 0.701. The monoisotopic (exact) mass is 210 g/mol. The molecule has 0 aliphatic rings. The van der Waals surface area contributed by atoms with Crippen molar-refractivity contribution in [3.63, 3.8) is 0 Å². The number of rotatable bonds is 6. The third-order valence-corrected chi connectivity index (χ3v) is 2.55. The van der Waals surface area contributed by atoms with E-state index < -0.39 is 0 Å². The second kappa shape index (κ2) is 5.75. The van der Waals surface area contributed by atoms with Crippen LogP contribution in [0.4, 0.5) is 5.95 Å². The SMILES string of the molecule is CCc1cn(CC)c(N(C)CCNC)n1. The predicted octanol–water partition coefficient (Wildman–Crippen LogP) is 1.12. The molecular weight excluding hydrogens is 188 g/mol. The molecule has 15 heavy (non-hydrogen) atoms. The zero-order valence-corrected chi connectivity index (χ0v) is 10.2. The summed E-state index contributed by atoms with van der Waals surface area (Å²) >= 11 is 0. The van der Waals surface area contributed by atoms with Gasteiger partial charge in [-0.3, -0.25) is 0 Å². The van der Waals surface area contributed by atoms with E-state index in [0.717, 1.165) is 32.0 Å². The molecule has 0 saturated heterocycles. The van der Waals surface area contributed by atoms with Crippen molar-refractivity contribution >= 4 is 5.95 Å². The van der Waals surface area contributed by atoms with Gasteiger partial charge in [-0.1, -0.05) is 6.92 Å². The molecule has 1 aromatic heterocycles. The first-order valence-electron chi connectivity index (χ1n) is 5.64. The molecule has 1 aromatic rings. The van der Waals surface area contributed by atoms with Gasteiger partial charge in [0.15, 0.2) is 0 Å². The largest absolute Gasteiger partial charge is 0.344 e. The smallest absolute Gasteiger partial charge is 0.205 e. The Balaban J connectivity index is 2.76. The third-order valence-electron chi connectivity index (χ3n) is 2.55. The molecule has 4 nitrogen and oxygen atoms in total. The molecule has 0 aliphatic heterocycles. The summed E-state index contributed by atoms with van der Waals surface area (Å²) in [5.74, 6) is 1.07. The topological polar surface area (TPSA) is 33.1 Å². The molecule has 0 unspecified atom stereocenters. The van der Waals surface area contributed by atoms with Crippen LogP contribution >= 0.6 is 0 Å². The maximum Gasteiger partial charge on any atom is 0.205 e. The molecule has 1 N–H and O–H groups in total. The second-order valence-corrected chi connectivity index (χ2v) is 3.70. The summed E-state index contributed by atoms with van der Waals surface area (Å²) in [6, 6.07) is 0. The number of nitrogens with zero attached hydrogens (tertiary/aromatic N) is 3. The lowest BCUT2D eigenvalue weighted by Gasteiger charge is -2.18. The standard InChI is InChI=1S/C11H22N4/c1-5-10-9-15(6-2)11(13-10)14(4)8-7-12-3/h9,12H,5-8H2,1-4H3.